The van der Waals surface area contributed by atoms with Crippen LogP contribution < -0.4 is 10.3 Å². The number of aryl methyl sites for hydroxylation is 1. The van der Waals surface area contributed by atoms with E-state index in [1.54, 1.807) is 18.1 Å². The molecule has 0 N–H and O–H groups in total. The van der Waals surface area contributed by atoms with Crippen LogP contribution in [-0.4, -0.2) is 64.7 Å². The second-order valence-electron chi connectivity index (χ2n) is 8.54. The lowest BCUT2D eigenvalue weighted by molar-refractivity contribution is -0.134. The van der Waals surface area contributed by atoms with Crippen LogP contribution >= 0.6 is 0 Å². The molecule has 1 aliphatic heterocycles. The van der Waals surface area contributed by atoms with Gasteiger partial charge in [0, 0.05) is 44.2 Å². The Bertz CT molecular complexity index is 1210. The van der Waals surface area contributed by atoms with Crippen LogP contribution in [0.2, 0.25) is 0 Å². The van der Waals surface area contributed by atoms with Crippen LogP contribution in [0.15, 0.2) is 71.5 Å². The lowest BCUT2D eigenvalue weighted by Crippen LogP contribution is -2.40. The van der Waals surface area contributed by atoms with Crippen LogP contribution in [0.4, 0.5) is 0 Å². The Morgan fingerprint density at radius 1 is 0.857 bits per heavy atom. The van der Waals surface area contributed by atoms with Crippen molar-refractivity contribution < 1.29 is 14.3 Å². The van der Waals surface area contributed by atoms with Crippen LogP contribution in [0.3, 0.4) is 0 Å². The van der Waals surface area contributed by atoms with Gasteiger partial charge < -0.3 is 14.5 Å². The molecule has 1 fully saturated rings. The van der Waals surface area contributed by atoms with E-state index in [1.807, 2.05) is 59.5 Å². The molecule has 0 atom stereocenters. The van der Waals surface area contributed by atoms with Crippen molar-refractivity contribution in [3.63, 3.8) is 0 Å². The SMILES string of the molecule is COc1ccc(CCC(=O)N2CCCN(C(=O)Cn3nc(-c4ccccc4)ccc3=O)CC2)cc1. The maximum absolute atomic E-state index is 13.0. The molecule has 35 heavy (non-hydrogen) atoms. The fourth-order valence-electron chi connectivity index (χ4n) is 4.17. The van der Waals surface area contributed by atoms with E-state index >= 15 is 0 Å². The van der Waals surface area contributed by atoms with Gasteiger partial charge in [-0.05, 0) is 36.6 Å². The molecule has 0 unspecified atom stereocenters. The number of aromatic nitrogens is 2. The fourth-order valence-corrected chi connectivity index (χ4v) is 4.17. The summed E-state index contributed by atoms with van der Waals surface area (Å²) < 4.78 is 6.39. The maximum Gasteiger partial charge on any atom is 0.267 e. The van der Waals surface area contributed by atoms with E-state index in [4.69, 9.17) is 4.74 Å². The number of benzene rings is 2. The zero-order chi connectivity index (χ0) is 24.6. The standard InChI is InChI=1S/C27H30N4O4/c1-35-23-11-8-21(9-12-23)10-14-25(32)29-16-5-17-30(19-18-29)27(34)20-31-26(33)15-13-24(28-31)22-6-3-2-4-7-22/h2-4,6-9,11-13,15H,5,10,14,16-20H2,1H3. The van der Waals surface area contributed by atoms with Crippen LogP contribution in [0.1, 0.15) is 18.4 Å². The maximum atomic E-state index is 13.0. The van der Waals surface area contributed by atoms with Gasteiger partial charge in [-0.15, -0.1) is 0 Å². The van der Waals surface area contributed by atoms with Gasteiger partial charge in [0.1, 0.15) is 12.3 Å². The molecule has 0 bridgehead atoms. The largest absolute Gasteiger partial charge is 0.497 e. The number of carbonyl (C=O) groups is 2. The van der Waals surface area contributed by atoms with Gasteiger partial charge >= 0.3 is 0 Å². The van der Waals surface area contributed by atoms with Crippen molar-refractivity contribution in [1.29, 1.82) is 0 Å². The third-order valence-corrected chi connectivity index (χ3v) is 6.21. The minimum atomic E-state index is -0.316. The number of carbonyl (C=O) groups excluding carboxylic acids is 2. The second kappa shape index (κ2) is 11.5. The van der Waals surface area contributed by atoms with Gasteiger partial charge in [0.2, 0.25) is 11.8 Å². The van der Waals surface area contributed by atoms with Gasteiger partial charge in [0.15, 0.2) is 0 Å². The topological polar surface area (TPSA) is 84.7 Å². The number of hydrogen-bond donors (Lipinski definition) is 0. The molecule has 1 aromatic heterocycles. The predicted molar refractivity (Wildman–Crippen MR) is 133 cm³/mol. The van der Waals surface area contributed by atoms with E-state index in [2.05, 4.69) is 5.10 Å². The Balaban J connectivity index is 1.32. The number of nitrogens with zero attached hydrogens (tertiary/aromatic N) is 4. The van der Waals surface area contributed by atoms with Crippen molar-refractivity contribution in [1.82, 2.24) is 19.6 Å². The van der Waals surface area contributed by atoms with Crippen LogP contribution in [0.5, 0.6) is 5.75 Å². The molecule has 0 saturated carbocycles. The highest BCUT2D eigenvalue weighted by Gasteiger charge is 2.22. The quantitative estimate of drug-likeness (QED) is 0.526. The monoisotopic (exact) mass is 474 g/mol. The van der Waals surface area contributed by atoms with Gasteiger partial charge in [0.25, 0.3) is 5.56 Å². The van der Waals surface area contributed by atoms with Gasteiger partial charge in [0.05, 0.1) is 12.8 Å². The molecule has 8 nitrogen and oxygen atoms in total. The number of amides is 2. The van der Waals surface area contributed by atoms with E-state index < -0.39 is 0 Å². The summed E-state index contributed by atoms with van der Waals surface area (Å²) in [5, 5.41) is 4.39. The summed E-state index contributed by atoms with van der Waals surface area (Å²) in [5.41, 5.74) is 2.29. The van der Waals surface area contributed by atoms with E-state index in [-0.39, 0.29) is 23.9 Å². The summed E-state index contributed by atoms with van der Waals surface area (Å²) in [5.74, 6) is 0.711. The Kier molecular flexibility index (Phi) is 7.92. The molecule has 182 valence electrons. The fraction of sp³-hybridized carbons (Fsp3) is 0.333. The van der Waals surface area contributed by atoms with Crippen LogP contribution in [-0.2, 0) is 22.6 Å². The van der Waals surface area contributed by atoms with Crippen LogP contribution in [0.25, 0.3) is 11.3 Å². The molecule has 4 rings (SSSR count). The van der Waals surface area contributed by atoms with Gasteiger partial charge in [-0.25, -0.2) is 4.68 Å². The zero-order valence-electron chi connectivity index (χ0n) is 19.9. The zero-order valence-corrected chi connectivity index (χ0v) is 19.9. The minimum Gasteiger partial charge on any atom is -0.497 e. The number of methoxy groups -OCH3 is 1. The van der Waals surface area contributed by atoms with E-state index in [9.17, 15) is 14.4 Å². The molecule has 0 aliphatic carbocycles. The average Bonchev–Trinajstić information content (AvgIpc) is 3.16. The summed E-state index contributed by atoms with van der Waals surface area (Å²) in [4.78, 5) is 41.6. The summed E-state index contributed by atoms with van der Waals surface area (Å²) >= 11 is 0. The first kappa shape index (κ1) is 24.2. The van der Waals surface area contributed by atoms with E-state index in [0.29, 0.717) is 51.1 Å². The highest BCUT2D eigenvalue weighted by molar-refractivity contribution is 5.78. The van der Waals surface area contributed by atoms with Crippen molar-refractivity contribution in [2.75, 3.05) is 33.3 Å². The highest BCUT2D eigenvalue weighted by Crippen LogP contribution is 2.15. The Morgan fingerprint density at radius 3 is 2.23 bits per heavy atom. The lowest BCUT2D eigenvalue weighted by atomic mass is 10.1. The second-order valence-corrected chi connectivity index (χ2v) is 8.54. The van der Waals surface area contributed by atoms with Crippen molar-refractivity contribution in [3.8, 4) is 17.0 Å². The molecule has 2 aromatic carbocycles. The van der Waals surface area contributed by atoms with Gasteiger partial charge in [-0.2, -0.15) is 5.10 Å². The van der Waals surface area contributed by atoms with Crippen LogP contribution in [0, 0.1) is 0 Å². The molecule has 0 spiro atoms. The molecule has 1 saturated heterocycles. The Morgan fingerprint density at radius 2 is 1.54 bits per heavy atom. The van der Waals surface area contributed by atoms with Gasteiger partial charge in [-0.1, -0.05) is 42.5 Å². The van der Waals surface area contributed by atoms with Gasteiger partial charge in [-0.3, -0.25) is 14.4 Å². The van der Waals surface area contributed by atoms with Crippen molar-refractivity contribution in [2.24, 2.45) is 0 Å². The third kappa shape index (κ3) is 6.35. The summed E-state index contributed by atoms with van der Waals surface area (Å²) in [7, 11) is 1.63. The molecule has 2 amide bonds. The predicted octanol–water partition coefficient (Wildman–Crippen LogP) is 2.61. The molecule has 0 radical (unpaired) electrons. The summed E-state index contributed by atoms with van der Waals surface area (Å²) in [6.07, 6.45) is 1.78. The number of rotatable bonds is 7. The first-order valence-corrected chi connectivity index (χ1v) is 11.9. The molecule has 2 heterocycles. The Hall–Kier alpha value is -3.94. The minimum absolute atomic E-state index is 0.0866. The average molecular weight is 475 g/mol. The van der Waals surface area contributed by atoms with E-state index in [1.165, 1.54) is 10.7 Å². The normalized spacial score (nSPS) is 13.9. The molecule has 8 heteroatoms. The molecule has 3 aromatic rings. The third-order valence-electron chi connectivity index (χ3n) is 6.21. The molecular weight excluding hydrogens is 444 g/mol. The van der Waals surface area contributed by atoms with Crippen molar-refractivity contribution in [2.45, 2.75) is 25.8 Å². The number of ether oxygens (including phenoxy) is 1. The summed E-state index contributed by atoms with van der Waals surface area (Å²) in [6, 6.07) is 20.4. The number of hydrogen-bond acceptors (Lipinski definition) is 5. The first-order valence-electron chi connectivity index (χ1n) is 11.9. The van der Waals surface area contributed by atoms with Crippen molar-refractivity contribution in [3.05, 3.63) is 82.6 Å². The lowest BCUT2D eigenvalue weighted by Gasteiger charge is -2.22. The molecular formula is C27H30N4O4. The summed E-state index contributed by atoms with van der Waals surface area (Å²) in [6.45, 7) is 1.98. The molecule has 1 aliphatic rings. The van der Waals surface area contributed by atoms with E-state index in [0.717, 1.165) is 16.9 Å². The van der Waals surface area contributed by atoms with Crippen molar-refractivity contribution >= 4 is 11.8 Å². The first-order chi connectivity index (χ1) is 17.0. The smallest absolute Gasteiger partial charge is 0.267 e. The highest BCUT2D eigenvalue weighted by atomic mass is 16.5. The Labute approximate surface area is 204 Å².